The van der Waals surface area contributed by atoms with Crippen LogP contribution in [0.1, 0.15) is 5.56 Å². The van der Waals surface area contributed by atoms with E-state index in [1.807, 2.05) is 19.2 Å². The number of fused-ring (bicyclic) bond motifs is 1. The third kappa shape index (κ3) is 1.48. The molecule has 1 aromatic heterocycles. The summed E-state index contributed by atoms with van der Waals surface area (Å²) in [4.78, 5) is 4.50. The Hall–Kier alpha value is -1.09. The van der Waals surface area contributed by atoms with Gasteiger partial charge in [-0.05, 0) is 40.5 Å². The van der Waals surface area contributed by atoms with Gasteiger partial charge in [0.05, 0.1) is 5.52 Å². The number of nitrogens with zero attached hydrogens (tertiary/aromatic N) is 1. The molecule has 2 nitrogen and oxygen atoms in total. The average Bonchev–Trinajstić information content (AvgIpc) is 2.19. The number of halogens is 1. The van der Waals surface area contributed by atoms with Crippen molar-refractivity contribution in [1.82, 2.24) is 4.98 Å². The van der Waals surface area contributed by atoms with Gasteiger partial charge in [-0.3, -0.25) is 0 Å². The first-order valence-electron chi connectivity index (χ1n) is 4.46. The van der Waals surface area contributed by atoms with Crippen LogP contribution in [0.25, 0.3) is 10.9 Å². The minimum atomic E-state index is 0.905. The Labute approximate surface area is 91.5 Å². The molecule has 1 aromatic carbocycles. The highest BCUT2D eigenvalue weighted by Crippen LogP contribution is 2.26. The van der Waals surface area contributed by atoms with Crippen LogP contribution in [-0.4, -0.2) is 12.0 Å². The molecule has 0 saturated carbocycles. The second-order valence-electron chi connectivity index (χ2n) is 3.21. The summed E-state index contributed by atoms with van der Waals surface area (Å²) < 4.78 is 1.04. The molecule has 0 aliphatic carbocycles. The smallest absolute Gasteiger partial charge is 0.126 e. The Morgan fingerprint density at radius 2 is 2.14 bits per heavy atom. The maximum absolute atomic E-state index is 4.50. The molecule has 72 valence electrons. The second-order valence-corrected chi connectivity index (χ2v) is 4.06. The van der Waals surface area contributed by atoms with Gasteiger partial charge >= 0.3 is 0 Å². The van der Waals surface area contributed by atoms with Crippen LogP contribution in [0.5, 0.6) is 0 Å². The van der Waals surface area contributed by atoms with Gasteiger partial charge in [-0.25, -0.2) is 4.98 Å². The standard InChI is InChI=1S/C11H11BrN2/c1-7-6-10(13-2)14-11-8(7)4-3-5-9(11)12/h3-6H,1-2H3,(H,13,14). The maximum atomic E-state index is 4.50. The van der Waals surface area contributed by atoms with Gasteiger partial charge in [0.1, 0.15) is 5.82 Å². The number of aryl methyl sites for hydroxylation is 1. The monoisotopic (exact) mass is 250 g/mol. The lowest BCUT2D eigenvalue weighted by Crippen LogP contribution is -1.94. The molecule has 0 saturated heterocycles. The summed E-state index contributed by atoms with van der Waals surface area (Å²) in [5.41, 5.74) is 2.25. The fourth-order valence-electron chi connectivity index (χ4n) is 1.51. The minimum Gasteiger partial charge on any atom is -0.373 e. The van der Waals surface area contributed by atoms with Crippen LogP contribution in [0.2, 0.25) is 0 Å². The van der Waals surface area contributed by atoms with Gasteiger partial charge < -0.3 is 5.32 Å². The molecular formula is C11H11BrN2. The Morgan fingerprint density at radius 3 is 2.86 bits per heavy atom. The number of hydrogen-bond acceptors (Lipinski definition) is 2. The molecule has 0 aliphatic rings. The topological polar surface area (TPSA) is 24.9 Å². The SMILES string of the molecule is CNc1cc(C)c2cccc(Br)c2n1. The van der Waals surface area contributed by atoms with Crippen LogP contribution in [0.15, 0.2) is 28.7 Å². The van der Waals surface area contributed by atoms with E-state index in [1.54, 1.807) is 0 Å². The molecule has 0 aliphatic heterocycles. The number of anilines is 1. The van der Waals surface area contributed by atoms with Crippen molar-refractivity contribution in [3.05, 3.63) is 34.3 Å². The van der Waals surface area contributed by atoms with Crippen LogP contribution in [0.3, 0.4) is 0 Å². The Kier molecular flexibility index (Phi) is 2.42. The highest BCUT2D eigenvalue weighted by Gasteiger charge is 2.03. The van der Waals surface area contributed by atoms with Crippen molar-refractivity contribution < 1.29 is 0 Å². The number of nitrogens with one attached hydrogen (secondary N) is 1. The Morgan fingerprint density at radius 1 is 1.36 bits per heavy atom. The summed E-state index contributed by atoms with van der Waals surface area (Å²) in [5.74, 6) is 0.905. The van der Waals surface area contributed by atoms with E-state index < -0.39 is 0 Å². The van der Waals surface area contributed by atoms with E-state index in [2.05, 4.69) is 45.3 Å². The summed E-state index contributed by atoms with van der Waals surface area (Å²) in [6.45, 7) is 2.09. The summed E-state index contributed by atoms with van der Waals surface area (Å²) in [6, 6.07) is 8.17. The van der Waals surface area contributed by atoms with E-state index in [4.69, 9.17) is 0 Å². The molecule has 0 fully saturated rings. The van der Waals surface area contributed by atoms with E-state index in [0.717, 1.165) is 15.8 Å². The molecular weight excluding hydrogens is 240 g/mol. The fourth-order valence-corrected chi connectivity index (χ4v) is 1.97. The molecule has 14 heavy (non-hydrogen) atoms. The van der Waals surface area contributed by atoms with Crippen molar-refractivity contribution >= 4 is 32.7 Å². The lowest BCUT2D eigenvalue weighted by Gasteiger charge is -2.06. The summed E-state index contributed by atoms with van der Waals surface area (Å²) in [7, 11) is 1.88. The zero-order valence-corrected chi connectivity index (χ0v) is 9.72. The predicted octanol–water partition coefficient (Wildman–Crippen LogP) is 3.35. The summed E-state index contributed by atoms with van der Waals surface area (Å²) in [5, 5.41) is 4.25. The first-order valence-corrected chi connectivity index (χ1v) is 5.25. The van der Waals surface area contributed by atoms with Crippen molar-refractivity contribution in [2.24, 2.45) is 0 Å². The zero-order chi connectivity index (χ0) is 10.1. The molecule has 0 radical (unpaired) electrons. The summed E-state index contributed by atoms with van der Waals surface area (Å²) in [6.07, 6.45) is 0. The Balaban J connectivity index is 2.83. The highest BCUT2D eigenvalue weighted by molar-refractivity contribution is 9.10. The molecule has 3 heteroatoms. The second kappa shape index (κ2) is 3.58. The number of para-hydroxylation sites is 1. The lowest BCUT2D eigenvalue weighted by atomic mass is 10.1. The van der Waals surface area contributed by atoms with Crippen molar-refractivity contribution in [2.75, 3.05) is 12.4 Å². The molecule has 0 spiro atoms. The number of pyridine rings is 1. The van der Waals surface area contributed by atoms with E-state index in [0.29, 0.717) is 0 Å². The first-order chi connectivity index (χ1) is 6.72. The van der Waals surface area contributed by atoms with Crippen LogP contribution >= 0.6 is 15.9 Å². The number of benzene rings is 1. The van der Waals surface area contributed by atoms with Gasteiger partial charge in [0.2, 0.25) is 0 Å². The fraction of sp³-hybridized carbons (Fsp3) is 0.182. The Bertz CT molecular complexity index is 480. The van der Waals surface area contributed by atoms with E-state index in [9.17, 15) is 0 Å². The van der Waals surface area contributed by atoms with E-state index in [-0.39, 0.29) is 0 Å². The highest BCUT2D eigenvalue weighted by atomic mass is 79.9. The quantitative estimate of drug-likeness (QED) is 0.840. The predicted molar refractivity (Wildman–Crippen MR) is 63.7 cm³/mol. The van der Waals surface area contributed by atoms with Crippen LogP contribution < -0.4 is 5.32 Å². The molecule has 0 amide bonds. The van der Waals surface area contributed by atoms with Crippen molar-refractivity contribution in [1.29, 1.82) is 0 Å². The largest absolute Gasteiger partial charge is 0.373 e. The molecule has 1 heterocycles. The van der Waals surface area contributed by atoms with Gasteiger partial charge in [0.25, 0.3) is 0 Å². The first kappa shape index (κ1) is 9.46. The molecule has 0 unspecified atom stereocenters. The summed E-state index contributed by atoms with van der Waals surface area (Å²) >= 11 is 3.50. The third-order valence-corrected chi connectivity index (χ3v) is 2.89. The molecule has 0 bridgehead atoms. The van der Waals surface area contributed by atoms with Gasteiger partial charge in [-0.2, -0.15) is 0 Å². The number of rotatable bonds is 1. The van der Waals surface area contributed by atoms with E-state index >= 15 is 0 Å². The van der Waals surface area contributed by atoms with E-state index in [1.165, 1.54) is 10.9 Å². The van der Waals surface area contributed by atoms with Crippen molar-refractivity contribution in [3.8, 4) is 0 Å². The normalized spacial score (nSPS) is 10.5. The van der Waals surface area contributed by atoms with Gasteiger partial charge in [-0.15, -0.1) is 0 Å². The van der Waals surface area contributed by atoms with Crippen LogP contribution in [0, 0.1) is 6.92 Å². The number of hydrogen-bond donors (Lipinski definition) is 1. The third-order valence-electron chi connectivity index (χ3n) is 2.25. The maximum Gasteiger partial charge on any atom is 0.126 e. The molecule has 0 atom stereocenters. The van der Waals surface area contributed by atoms with Gasteiger partial charge in [0, 0.05) is 16.9 Å². The molecule has 2 rings (SSSR count). The molecule has 1 N–H and O–H groups in total. The zero-order valence-electron chi connectivity index (χ0n) is 8.13. The lowest BCUT2D eigenvalue weighted by molar-refractivity contribution is 1.31. The van der Waals surface area contributed by atoms with Crippen LogP contribution in [-0.2, 0) is 0 Å². The van der Waals surface area contributed by atoms with Gasteiger partial charge in [0.15, 0.2) is 0 Å². The number of aromatic nitrogens is 1. The average molecular weight is 251 g/mol. The van der Waals surface area contributed by atoms with Crippen LogP contribution in [0.4, 0.5) is 5.82 Å². The minimum absolute atomic E-state index is 0.905. The van der Waals surface area contributed by atoms with Crippen molar-refractivity contribution in [2.45, 2.75) is 6.92 Å². The van der Waals surface area contributed by atoms with Crippen molar-refractivity contribution in [3.63, 3.8) is 0 Å². The van der Waals surface area contributed by atoms with Gasteiger partial charge in [-0.1, -0.05) is 12.1 Å². The molecule has 2 aromatic rings.